The minimum Gasteiger partial charge on any atom is -0.508 e. The molecule has 3 aliphatic rings. The third-order valence-corrected chi connectivity index (χ3v) is 7.85. The topological polar surface area (TPSA) is 136 Å². The number of hydrogen-bond acceptors (Lipinski definition) is 8. The summed E-state index contributed by atoms with van der Waals surface area (Å²) in [6.07, 6.45) is 3.71. The van der Waals surface area contributed by atoms with Crippen molar-refractivity contribution < 1.29 is 34.5 Å². The lowest BCUT2D eigenvalue weighted by Crippen LogP contribution is -2.56. The Kier molecular flexibility index (Phi) is 7.43. The van der Waals surface area contributed by atoms with Crippen LogP contribution in [0.3, 0.4) is 0 Å². The monoisotopic (exact) mass is 477 g/mol. The van der Waals surface area contributed by atoms with Gasteiger partial charge in [-0.3, -0.25) is 9.59 Å². The molecule has 188 valence electrons. The number of fused-ring (bicyclic) bond motifs is 2. The highest BCUT2D eigenvalue weighted by molar-refractivity contribution is 5.86. The highest BCUT2D eigenvalue weighted by Gasteiger charge is 2.59. The summed E-state index contributed by atoms with van der Waals surface area (Å²) in [6, 6.07) is 2.99. The van der Waals surface area contributed by atoms with Gasteiger partial charge in [-0.25, -0.2) is 0 Å². The highest BCUT2D eigenvalue weighted by atomic mass is 16.9. The Morgan fingerprint density at radius 3 is 2.26 bits per heavy atom. The molecule has 0 heterocycles. The number of ether oxygens (including phenoxy) is 1. The highest BCUT2D eigenvalue weighted by Crippen LogP contribution is 2.64. The molecule has 2 N–H and O–H groups in total. The van der Waals surface area contributed by atoms with E-state index >= 15 is 0 Å². The fourth-order valence-corrected chi connectivity index (χ4v) is 5.52. The quantitative estimate of drug-likeness (QED) is 0.207. The molecule has 2 bridgehead atoms. The number of unbranched alkanes of at least 4 members (excludes halogenated alkanes) is 3. The van der Waals surface area contributed by atoms with Crippen LogP contribution in [-0.4, -0.2) is 40.3 Å². The first-order valence-electron chi connectivity index (χ1n) is 11.9. The summed E-state index contributed by atoms with van der Waals surface area (Å²) in [5.74, 6) is -0.491. The first kappa shape index (κ1) is 25.8. The summed E-state index contributed by atoms with van der Waals surface area (Å²) in [6.45, 7) is 7.73. The fraction of sp³-hybridized carbons (Fsp3) is 0.680. The molecule has 0 saturated heterocycles. The van der Waals surface area contributed by atoms with Crippen LogP contribution in [0.4, 0.5) is 0 Å². The van der Waals surface area contributed by atoms with Crippen LogP contribution in [0.1, 0.15) is 83.3 Å². The second-order valence-corrected chi connectivity index (χ2v) is 10.7. The zero-order chi connectivity index (χ0) is 25.3. The molecule has 9 heteroatoms. The van der Waals surface area contributed by atoms with E-state index in [0.29, 0.717) is 30.4 Å². The molecular weight excluding hydrogens is 442 g/mol. The Labute approximate surface area is 199 Å². The number of Topliss-reactive ketones (excluding diaryl/α,β-unsaturated/α-hetero) is 1. The van der Waals surface area contributed by atoms with Crippen molar-refractivity contribution in [2.75, 3.05) is 13.2 Å². The van der Waals surface area contributed by atoms with Crippen molar-refractivity contribution >= 4 is 11.8 Å². The van der Waals surface area contributed by atoms with Gasteiger partial charge in [0, 0.05) is 23.8 Å². The number of carbonyl (C=O) groups excluding carboxylic acids is 2. The van der Waals surface area contributed by atoms with Gasteiger partial charge < -0.3 is 19.8 Å². The van der Waals surface area contributed by atoms with E-state index in [-0.39, 0.29) is 53.7 Å². The van der Waals surface area contributed by atoms with Gasteiger partial charge in [0.2, 0.25) is 0 Å². The first-order valence-corrected chi connectivity index (χ1v) is 11.9. The molecule has 4 rings (SSSR count). The van der Waals surface area contributed by atoms with Crippen molar-refractivity contribution in [2.24, 2.45) is 17.3 Å². The van der Waals surface area contributed by atoms with E-state index in [9.17, 15) is 29.9 Å². The van der Waals surface area contributed by atoms with Crippen molar-refractivity contribution in [3.8, 4) is 11.5 Å². The van der Waals surface area contributed by atoms with Gasteiger partial charge in [0.1, 0.15) is 17.3 Å². The van der Waals surface area contributed by atoms with E-state index in [4.69, 9.17) is 4.74 Å². The van der Waals surface area contributed by atoms with E-state index < -0.39 is 16.5 Å². The van der Waals surface area contributed by atoms with E-state index in [1.807, 2.05) is 0 Å². The molecule has 0 aliphatic heterocycles. The second kappa shape index (κ2) is 9.80. The van der Waals surface area contributed by atoms with E-state index in [2.05, 4.69) is 18.7 Å². The summed E-state index contributed by atoms with van der Waals surface area (Å²) in [5, 5.41) is 31.0. The number of rotatable bonds is 11. The summed E-state index contributed by atoms with van der Waals surface area (Å²) in [7, 11) is 0. The van der Waals surface area contributed by atoms with Gasteiger partial charge in [-0.2, -0.15) is 0 Å². The largest absolute Gasteiger partial charge is 0.508 e. The molecule has 0 radical (unpaired) electrons. The van der Waals surface area contributed by atoms with Gasteiger partial charge in [0.05, 0.1) is 18.6 Å². The standard InChI is InChI=1S/C25H35NO8/c1-24(2,23(30)33-9-7-5-6-8-10-34-26(31)32)15-11-20(28)22(21(29)12-15)16-13-19(27)18-14-17(16)25(18,3)4/h11-12,16-18,28-29H,5-10,13-14H2,1-4H3/t16-,17+,18-/m0/s1. The van der Waals surface area contributed by atoms with Crippen LogP contribution >= 0.6 is 0 Å². The predicted molar refractivity (Wildman–Crippen MR) is 123 cm³/mol. The minimum absolute atomic E-state index is 0.0522. The van der Waals surface area contributed by atoms with E-state index in [0.717, 1.165) is 19.3 Å². The number of carbonyl (C=O) groups is 2. The van der Waals surface area contributed by atoms with Crippen LogP contribution in [0.5, 0.6) is 11.5 Å². The van der Waals surface area contributed by atoms with E-state index in [1.165, 1.54) is 12.1 Å². The third kappa shape index (κ3) is 4.98. The molecule has 0 amide bonds. The Morgan fingerprint density at radius 2 is 1.74 bits per heavy atom. The number of ketones is 1. The van der Waals surface area contributed by atoms with Gasteiger partial charge >= 0.3 is 5.97 Å². The van der Waals surface area contributed by atoms with Crippen molar-refractivity contribution in [1.82, 2.24) is 0 Å². The Bertz CT molecular complexity index is 931. The zero-order valence-corrected chi connectivity index (χ0v) is 20.3. The zero-order valence-electron chi connectivity index (χ0n) is 20.3. The van der Waals surface area contributed by atoms with Gasteiger partial charge in [-0.15, -0.1) is 10.1 Å². The number of aromatic hydroxyl groups is 2. The molecule has 9 nitrogen and oxygen atoms in total. The SMILES string of the molecule is CC(C)(C(=O)OCCCCCCO[N+](=O)[O-])c1cc(O)c([C@H]2CC(=O)[C@@H]3C[C@H]2C3(C)C)c(O)c1. The number of benzene rings is 1. The second-order valence-electron chi connectivity index (χ2n) is 10.7. The Morgan fingerprint density at radius 1 is 1.15 bits per heavy atom. The summed E-state index contributed by atoms with van der Waals surface area (Å²) < 4.78 is 5.41. The molecule has 0 aromatic heterocycles. The Balaban J connectivity index is 1.60. The number of hydrogen-bond donors (Lipinski definition) is 2. The lowest BCUT2D eigenvalue weighted by Gasteiger charge is -2.59. The fourth-order valence-electron chi connectivity index (χ4n) is 5.52. The molecule has 34 heavy (non-hydrogen) atoms. The maximum atomic E-state index is 12.7. The van der Waals surface area contributed by atoms with Gasteiger partial charge in [0.15, 0.2) is 0 Å². The van der Waals surface area contributed by atoms with Crippen molar-refractivity contribution in [2.45, 2.75) is 77.6 Å². The molecular formula is C25H35NO8. The van der Waals surface area contributed by atoms with Crippen LogP contribution in [0.25, 0.3) is 0 Å². The molecule has 3 atom stereocenters. The summed E-state index contributed by atoms with van der Waals surface area (Å²) in [4.78, 5) is 39.6. The van der Waals surface area contributed by atoms with Crippen molar-refractivity contribution in [3.05, 3.63) is 33.4 Å². The number of esters is 1. The molecule has 3 aliphatic carbocycles. The van der Waals surface area contributed by atoms with Gasteiger partial charge in [0.25, 0.3) is 5.09 Å². The van der Waals surface area contributed by atoms with Crippen molar-refractivity contribution in [1.29, 1.82) is 0 Å². The number of nitrogens with zero attached hydrogens (tertiary/aromatic N) is 1. The molecule has 1 aromatic rings. The van der Waals surface area contributed by atoms with Crippen LogP contribution in [-0.2, 0) is 24.6 Å². The van der Waals surface area contributed by atoms with Gasteiger partial charge in [-0.1, -0.05) is 20.3 Å². The minimum atomic E-state index is -1.10. The van der Waals surface area contributed by atoms with Crippen LogP contribution in [0.15, 0.2) is 12.1 Å². The maximum Gasteiger partial charge on any atom is 0.315 e. The van der Waals surface area contributed by atoms with Gasteiger partial charge in [-0.05, 0) is 68.6 Å². The maximum absolute atomic E-state index is 12.7. The average Bonchev–Trinajstić information content (AvgIpc) is 2.73. The van der Waals surface area contributed by atoms with Crippen LogP contribution in [0, 0.1) is 27.4 Å². The summed E-state index contributed by atoms with van der Waals surface area (Å²) in [5.41, 5.74) is -0.435. The summed E-state index contributed by atoms with van der Waals surface area (Å²) >= 11 is 0. The third-order valence-electron chi connectivity index (χ3n) is 7.85. The number of phenols is 2. The lowest BCUT2D eigenvalue weighted by molar-refractivity contribution is -0.757. The first-order chi connectivity index (χ1) is 15.9. The number of phenolic OH excluding ortho intramolecular Hbond substituents is 2. The molecule has 0 unspecified atom stereocenters. The molecule has 1 aromatic carbocycles. The van der Waals surface area contributed by atoms with Crippen molar-refractivity contribution in [3.63, 3.8) is 0 Å². The molecule has 3 saturated carbocycles. The molecule has 0 spiro atoms. The lowest BCUT2D eigenvalue weighted by atomic mass is 9.44. The van der Waals surface area contributed by atoms with Crippen LogP contribution in [0.2, 0.25) is 0 Å². The van der Waals surface area contributed by atoms with E-state index in [1.54, 1.807) is 13.8 Å². The normalized spacial score (nSPS) is 23.2. The Hall–Kier alpha value is -2.84. The average molecular weight is 478 g/mol. The molecule has 3 fully saturated rings. The van der Waals surface area contributed by atoms with Crippen LogP contribution < -0.4 is 0 Å². The smallest absolute Gasteiger partial charge is 0.315 e. The predicted octanol–water partition coefficient (Wildman–Crippen LogP) is 4.41.